The molecule has 1 unspecified atom stereocenters. The molecule has 21 heavy (non-hydrogen) atoms. The molecule has 0 aliphatic heterocycles. The van der Waals surface area contributed by atoms with Crippen LogP contribution in [0.3, 0.4) is 0 Å². The van der Waals surface area contributed by atoms with E-state index < -0.39 is 10.0 Å². The molecule has 0 spiro atoms. The van der Waals surface area contributed by atoms with Gasteiger partial charge in [0.2, 0.25) is 10.0 Å². The van der Waals surface area contributed by atoms with E-state index in [1.165, 1.54) is 0 Å². The molecule has 0 aliphatic carbocycles. The Bertz CT molecular complexity index is 739. The average molecular weight is 368 g/mol. The number of rotatable bonds is 4. The van der Waals surface area contributed by atoms with Gasteiger partial charge in [0.25, 0.3) is 0 Å². The first-order valence-corrected chi connectivity index (χ1v) is 8.92. The summed E-state index contributed by atoms with van der Waals surface area (Å²) in [6, 6.07) is 12.6. The Hall–Kier alpha value is -1.17. The van der Waals surface area contributed by atoms with E-state index in [1.54, 1.807) is 18.2 Å². The van der Waals surface area contributed by atoms with Gasteiger partial charge in [0, 0.05) is 10.5 Å². The Balaban J connectivity index is 2.24. The highest BCUT2D eigenvalue weighted by molar-refractivity contribution is 9.10. The van der Waals surface area contributed by atoms with Gasteiger partial charge in [0.1, 0.15) is 0 Å². The van der Waals surface area contributed by atoms with E-state index in [9.17, 15) is 8.42 Å². The Morgan fingerprint density at radius 3 is 2.24 bits per heavy atom. The normalized spacial score (nSPS) is 13.1. The first-order valence-electron chi connectivity index (χ1n) is 6.64. The molecule has 0 amide bonds. The first-order chi connectivity index (χ1) is 9.79. The molecule has 3 nitrogen and oxygen atoms in total. The smallest absolute Gasteiger partial charge is 0.207 e. The van der Waals surface area contributed by atoms with Gasteiger partial charge in [-0.15, -0.1) is 0 Å². The van der Waals surface area contributed by atoms with Crippen molar-refractivity contribution in [1.29, 1.82) is 0 Å². The van der Waals surface area contributed by atoms with E-state index >= 15 is 0 Å². The van der Waals surface area contributed by atoms with E-state index in [2.05, 4.69) is 20.7 Å². The quantitative estimate of drug-likeness (QED) is 0.883. The fourth-order valence-corrected chi connectivity index (χ4v) is 3.57. The number of benzene rings is 2. The Labute approximate surface area is 134 Å². The molecule has 0 saturated heterocycles. The average Bonchev–Trinajstić information content (AvgIpc) is 2.42. The van der Waals surface area contributed by atoms with Crippen molar-refractivity contribution in [3.8, 4) is 0 Å². The van der Waals surface area contributed by atoms with Crippen LogP contribution in [-0.2, 0) is 10.0 Å². The maximum atomic E-state index is 12.4. The molecule has 0 heterocycles. The fourth-order valence-electron chi connectivity index (χ4n) is 2.01. The number of hydrogen-bond acceptors (Lipinski definition) is 2. The minimum atomic E-state index is -3.53. The molecule has 0 fully saturated rings. The van der Waals surface area contributed by atoms with Gasteiger partial charge in [-0.3, -0.25) is 0 Å². The maximum Gasteiger partial charge on any atom is 0.241 e. The lowest BCUT2D eigenvalue weighted by atomic mass is 10.1. The van der Waals surface area contributed by atoms with E-state index in [0.29, 0.717) is 0 Å². The summed E-state index contributed by atoms with van der Waals surface area (Å²) < 4.78 is 28.4. The van der Waals surface area contributed by atoms with Crippen LogP contribution >= 0.6 is 15.9 Å². The van der Waals surface area contributed by atoms with Crippen molar-refractivity contribution < 1.29 is 8.42 Å². The molecular weight excluding hydrogens is 350 g/mol. The summed E-state index contributed by atoms with van der Waals surface area (Å²) in [6.45, 7) is 5.71. The van der Waals surface area contributed by atoms with Gasteiger partial charge in [0.15, 0.2) is 0 Å². The number of halogens is 1. The third-order valence-electron chi connectivity index (χ3n) is 3.35. The number of aryl methyl sites for hydroxylation is 2. The zero-order valence-corrected chi connectivity index (χ0v) is 14.6. The zero-order chi connectivity index (χ0) is 15.6. The summed E-state index contributed by atoms with van der Waals surface area (Å²) in [4.78, 5) is 0.280. The minimum Gasteiger partial charge on any atom is -0.207 e. The Kier molecular flexibility index (Phi) is 4.86. The van der Waals surface area contributed by atoms with Crippen LogP contribution in [-0.4, -0.2) is 8.42 Å². The molecule has 0 aromatic heterocycles. The van der Waals surface area contributed by atoms with Crippen LogP contribution in [0.25, 0.3) is 0 Å². The molecule has 0 saturated carbocycles. The van der Waals surface area contributed by atoms with Crippen molar-refractivity contribution in [3.05, 3.63) is 63.6 Å². The van der Waals surface area contributed by atoms with Crippen LogP contribution in [0, 0.1) is 13.8 Å². The summed E-state index contributed by atoms with van der Waals surface area (Å²) in [7, 11) is -3.53. The molecule has 0 radical (unpaired) electrons. The van der Waals surface area contributed by atoms with Gasteiger partial charge in [-0.05, 0) is 50.1 Å². The van der Waals surface area contributed by atoms with Crippen LogP contribution in [0.5, 0.6) is 0 Å². The lowest BCUT2D eigenvalue weighted by Crippen LogP contribution is -2.27. The summed E-state index contributed by atoms with van der Waals surface area (Å²) in [5.74, 6) is 0. The monoisotopic (exact) mass is 367 g/mol. The first kappa shape index (κ1) is 16.2. The lowest BCUT2D eigenvalue weighted by molar-refractivity contribution is 0.567. The van der Waals surface area contributed by atoms with Gasteiger partial charge in [-0.25, -0.2) is 13.1 Å². The van der Waals surface area contributed by atoms with Gasteiger partial charge >= 0.3 is 0 Å². The van der Waals surface area contributed by atoms with E-state index in [4.69, 9.17) is 0 Å². The molecule has 112 valence electrons. The summed E-state index contributed by atoms with van der Waals surface area (Å²) in [6.07, 6.45) is 0. The standard InChI is InChI=1S/C16H18BrNO2S/c1-11-4-6-14(7-5-11)13(3)18-21(19,20)15-8-9-16(17)12(2)10-15/h4-10,13,18H,1-3H3. The van der Waals surface area contributed by atoms with Crippen LogP contribution in [0.15, 0.2) is 51.8 Å². The van der Waals surface area contributed by atoms with Gasteiger partial charge in [0.05, 0.1) is 4.90 Å². The number of hydrogen-bond donors (Lipinski definition) is 1. The minimum absolute atomic E-state index is 0.278. The Morgan fingerprint density at radius 2 is 1.67 bits per heavy atom. The predicted molar refractivity (Wildman–Crippen MR) is 88.8 cm³/mol. The molecule has 1 atom stereocenters. The largest absolute Gasteiger partial charge is 0.241 e. The predicted octanol–water partition coefficient (Wildman–Crippen LogP) is 4.11. The van der Waals surface area contributed by atoms with Gasteiger partial charge in [-0.2, -0.15) is 0 Å². The molecule has 2 aromatic rings. The molecule has 5 heteroatoms. The van der Waals surface area contributed by atoms with Gasteiger partial charge < -0.3 is 0 Å². The van der Waals surface area contributed by atoms with E-state index in [-0.39, 0.29) is 10.9 Å². The summed E-state index contributed by atoms with van der Waals surface area (Å²) in [5, 5.41) is 0. The molecule has 0 bridgehead atoms. The van der Waals surface area contributed by atoms with Crippen molar-refractivity contribution >= 4 is 26.0 Å². The van der Waals surface area contributed by atoms with Crippen LogP contribution in [0.4, 0.5) is 0 Å². The van der Waals surface area contributed by atoms with Crippen LogP contribution in [0.2, 0.25) is 0 Å². The highest BCUT2D eigenvalue weighted by Gasteiger charge is 2.18. The second-order valence-corrected chi connectivity index (χ2v) is 7.73. The molecular formula is C16H18BrNO2S. The topological polar surface area (TPSA) is 46.2 Å². The van der Waals surface area contributed by atoms with Crippen molar-refractivity contribution in [2.45, 2.75) is 31.7 Å². The summed E-state index contributed by atoms with van der Waals surface area (Å²) in [5.41, 5.74) is 2.98. The second-order valence-electron chi connectivity index (χ2n) is 5.16. The highest BCUT2D eigenvalue weighted by Crippen LogP contribution is 2.22. The SMILES string of the molecule is Cc1ccc(C(C)NS(=O)(=O)c2ccc(Br)c(C)c2)cc1. The molecule has 2 rings (SSSR count). The second kappa shape index (κ2) is 6.30. The van der Waals surface area contributed by atoms with Crippen LogP contribution < -0.4 is 4.72 Å². The van der Waals surface area contributed by atoms with Crippen molar-refractivity contribution in [2.75, 3.05) is 0 Å². The van der Waals surface area contributed by atoms with Crippen molar-refractivity contribution in [3.63, 3.8) is 0 Å². The van der Waals surface area contributed by atoms with Crippen LogP contribution in [0.1, 0.15) is 29.7 Å². The zero-order valence-electron chi connectivity index (χ0n) is 12.2. The van der Waals surface area contributed by atoms with E-state index in [0.717, 1.165) is 21.2 Å². The third kappa shape index (κ3) is 3.93. The van der Waals surface area contributed by atoms with Crippen molar-refractivity contribution in [2.24, 2.45) is 0 Å². The highest BCUT2D eigenvalue weighted by atomic mass is 79.9. The third-order valence-corrected chi connectivity index (χ3v) is 5.78. The summed E-state index contributed by atoms with van der Waals surface area (Å²) >= 11 is 3.38. The Morgan fingerprint density at radius 1 is 1.05 bits per heavy atom. The fraction of sp³-hybridized carbons (Fsp3) is 0.250. The lowest BCUT2D eigenvalue weighted by Gasteiger charge is -2.15. The van der Waals surface area contributed by atoms with Gasteiger partial charge in [-0.1, -0.05) is 45.8 Å². The van der Waals surface area contributed by atoms with E-state index in [1.807, 2.05) is 45.0 Å². The molecule has 0 aliphatic rings. The number of sulfonamides is 1. The maximum absolute atomic E-state index is 12.4. The number of nitrogens with one attached hydrogen (secondary N) is 1. The molecule has 1 N–H and O–H groups in total. The molecule has 2 aromatic carbocycles. The van der Waals surface area contributed by atoms with Crippen molar-refractivity contribution in [1.82, 2.24) is 4.72 Å².